The van der Waals surface area contributed by atoms with Crippen molar-refractivity contribution in [3.8, 4) is 0 Å². The van der Waals surface area contributed by atoms with Gasteiger partial charge in [-0.1, -0.05) is 56.7 Å². The van der Waals surface area contributed by atoms with Gasteiger partial charge in [-0.05, 0) is 49.7 Å². The molecule has 1 rings (SSSR count). The van der Waals surface area contributed by atoms with Gasteiger partial charge in [0, 0.05) is 6.42 Å². The largest absolute Gasteiger partial charge is 0.466 e. The van der Waals surface area contributed by atoms with Crippen LogP contribution in [0.5, 0.6) is 0 Å². The van der Waals surface area contributed by atoms with Gasteiger partial charge in [-0.2, -0.15) is 0 Å². The van der Waals surface area contributed by atoms with E-state index in [0.29, 0.717) is 19.4 Å². The number of esters is 1. The number of carbonyl (C=O) groups excluding carboxylic acids is 2. The van der Waals surface area contributed by atoms with Crippen LogP contribution in [0.4, 0.5) is 0 Å². The van der Waals surface area contributed by atoms with Gasteiger partial charge in [0.2, 0.25) is 0 Å². The summed E-state index contributed by atoms with van der Waals surface area (Å²) in [5.41, 5.74) is 3.17. The van der Waals surface area contributed by atoms with Crippen LogP contribution in [-0.4, -0.2) is 18.4 Å². The molecule has 0 N–H and O–H groups in total. The molecule has 0 heterocycles. The quantitative estimate of drug-likeness (QED) is 0.462. The van der Waals surface area contributed by atoms with E-state index >= 15 is 0 Å². The molecule has 0 aromatic carbocycles. The average molecular weight is 344 g/mol. The maximum atomic E-state index is 12.0. The van der Waals surface area contributed by atoms with Gasteiger partial charge in [-0.25, -0.2) is 0 Å². The van der Waals surface area contributed by atoms with Crippen LogP contribution in [0.1, 0.15) is 60.8 Å². The zero-order chi connectivity index (χ0) is 19.0. The first kappa shape index (κ1) is 21.1. The molecule has 0 radical (unpaired) electrons. The van der Waals surface area contributed by atoms with Crippen molar-refractivity contribution in [1.82, 2.24) is 0 Å². The lowest BCUT2D eigenvalue weighted by Crippen LogP contribution is -2.24. The van der Waals surface area contributed by atoms with E-state index in [1.54, 1.807) is 0 Å². The van der Waals surface area contributed by atoms with E-state index in [2.05, 4.69) is 26.0 Å². The molecular weight excluding hydrogens is 312 g/mol. The third-order valence-corrected chi connectivity index (χ3v) is 4.63. The fourth-order valence-corrected chi connectivity index (χ4v) is 2.97. The molecule has 0 saturated heterocycles. The highest BCUT2D eigenvalue weighted by Gasteiger charge is 2.30. The third-order valence-electron chi connectivity index (χ3n) is 4.63. The van der Waals surface area contributed by atoms with Gasteiger partial charge < -0.3 is 4.74 Å². The molecule has 1 atom stereocenters. The van der Waals surface area contributed by atoms with Crippen molar-refractivity contribution in [3.05, 3.63) is 47.1 Å². The zero-order valence-electron chi connectivity index (χ0n) is 16.5. The molecule has 25 heavy (non-hydrogen) atoms. The predicted molar refractivity (Wildman–Crippen MR) is 103 cm³/mol. The van der Waals surface area contributed by atoms with Gasteiger partial charge in [0.25, 0.3) is 0 Å². The van der Waals surface area contributed by atoms with Gasteiger partial charge in [-0.3, -0.25) is 9.59 Å². The average Bonchev–Trinajstić information content (AvgIpc) is 2.51. The van der Waals surface area contributed by atoms with Crippen LogP contribution < -0.4 is 0 Å². The van der Waals surface area contributed by atoms with E-state index in [4.69, 9.17) is 4.74 Å². The smallest absolute Gasteiger partial charge is 0.306 e. The van der Waals surface area contributed by atoms with Gasteiger partial charge in [0.05, 0.1) is 13.0 Å². The lowest BCUT2D eigenvalue weighted by Gasteiger charge is -2.32. The van der Waals surface area contributed by atoms with Crippen LogP contribution in [-0.2, 0) is 14.3 Å². The lowest BCUT2D eigenvalue weighted by molar-refractivity contribution is -0.143. The summed E-state index contributed by atoms with van der Waals surface area (Å²) in [7, 11) is 0. The van der Waals surface area contributed by atoms with Crippen LogP contribution in [0.2, 0.25) is 0 Å². The molecule has 0 aromatic rings. The van der Waals surface area contributed by atoms with E-state index in [9.17, 15) is 9.59 Å². The van der Waals surface area contributed by atoms with Gasteiger partial charge >= 0.3 is 5.97 Å². The summed E-state index contributed by atoms with van der Waals surface area (Å²) in [4.78, 5) is 23.4. The van der Waals surface area contributed by atoms with Gasteiger partial charge in [-0.15, -0.1) is 0 Å². The Morgan fingerprint density at radius 2 is 2.04 bits per heavy atom. The highest BCUT2D eigenvalue weighted by atomic mass is 16.5. The molecule has 1 aliphatic rings. The second-order valence-electron chi connectivity index (χ2n) is 7.46. The third kappa shape index (κ3) is 6.85. The summed E-state index contributed by atoms with van der Waals surface area (Å²) in [6.07, 6.45) is 12.1. The van der Waals surface area contributed by atoms with Crippen molar-refractivity contribution in [2.45, 2.75) is 60.8 Å². The highest BCUT2D eigenvalue weighted by molar-refractivity contribution is 5.97. The normalized spacial score (nSPS) is 19.8. The monoisotopic (exact) mass is 344 g/mol. The Kier molecular flexibility index (Phi) is 8.08. The summed E-state index contributed by atoms with van der Waals surface area (Å²) in [5, 5.41) is 0. The summed E-state index contributed by atoms with van der Waals surface area (Å²) >= 11 is 0. The molecule has 138 valence electrons. The van der Waals surface area contributed by atoms with Crippen LogP contribution in [0, 0.1) is 11.3 Å². The molecule has 3 heteroatoms. The molecular formula is C22H32O3. The number of hydrogen-bond acceptors (Lipinski definition) is 3. The minimum Gasteiger partial charge on any atom is -0.466 e. The van der Waals surface area contributed by atoms with Gasteiger partial charge in [0.15, 0.2) is 5.78 Å². The maximum absolute atomic E-state index is 12.0. The Morgan fingerprint density at radius 1 is 1.36 bits per heavy atom. The fraction of sp³-hybridized carbons (Fsp3) is 0.545. The Hall–Kier alpha value is -1.90. The predicted octanol–water partition coefficient (Wildman–Crippen LogP) is 5.34. The van der Waals surface area contributed by atoms with E-state index in [1.807, 2.05) is 45.9 Å². The van der Waals surface area contributed by atoms with Crippen LogP contribution in [0.25, 0.3) is 0 Å². The van der Waals surface area contributed by atoms with Crippen molar-refractivity contribution in [2.24, 2.45) is 11.3 Å². The number of rotatable bonds is 7. The standard InChI is InChI=1S/C22H32O3/c1-7-25-21(24)15-17(3)10-8-9-16(2)11-12-19-18(4)20(23)13-14-22(19,5)6/h8-12,17H,7,13-15H2,1-6H3/b10-8+,12-11+,16-9+. The number of Topliss-reactive ketones (excluding diaryl/α,β-unsaturated/α-hetero) is 1. The van der Waals surface area contributed by atoms with E-state index < -0.39 is 0 Å². The summed E-state index contributed by atoms with van der Waals surface area (Å²) in [6.45, 7) is 12.6. The first-order valence-electron chi connectivity index (χ1n) is 9.10. The fourth-order valence-electron chi connectivity index (χ4n) is 2.97. The number of ether oxygens (including phenoxy) is 1. The molecule has 0 saturated carbocycles. The van der Waals surface area contributed by atoms with Crippen LogP contribution in [0.15, 0.2) is 47.1 Å². The number of hydrogen-bond donors (Lipinski definition) is 0. The van der Waals surface area contributed by atoms with Crippen molar-refractivity contribution in [3.63, 3.8) is 0 Å². The van der Waals surface area contributed by atoms with E-state index in [0.717, 1.165) is 23.1 Å². The number of ketones is 1. The zero-order valence-corrected chi connectivity index (χ0v) is 16.5. The lowest BCUT2D eigenvalue weighted by atomic mass is 9.72. The molecule has 0 aliphatic heterocycles. The van der Waals surface area contributed by atoms with Crippen molar-refractivity contribution in [1.29, 1.82) is 0 Å². The first-order valence-corrected chi connectivity index (χ1v) is 9.10. The Morgan fingerprint density at radius 3 is 2.68 bits per heavy atom. The maximum Gasteiger partial charge on any atom is 0.306 e. The minimum absolute atomic E-state index is 0.0404. The van der Waals surface area contributed by atoms with Gasteiger partial charge in [0.1, 0.15) is 0 Å². The van der Waals surface area contributed by atoms with Crippen molar-refractivity contribution in [2.75, 3.05) is 6.61 Å². The Bertz CT molecular complexity index is 615. The minimum atomic E-state index is -0.160. The van der Waals surface area contributed by atoms with E-state index in [-0.39, 0.29) is 23.1 Å². The molecule has 0 amide bonds. The first-order chi connectivity index (χ1) is 11.7. The Labute approximate surface area is 152 Å². The van der Waals surface area contributed by atoms with Crippen molar-refractivity contribution >= 4 is 11.8 Å². The molecule has 3 nitrogen and oxygen atoms in total. The molecule has 1 aliphatic carbocycles. The Balaban J connectivity index is 2.72. The summed E-state index contributed by atoms with van der Waals surface area (Å²) < 4.78 is 4.95. The molecule has 1 unspecified atom stereocenters. The molecule has 0 aromatic heterocycles. The second kappa shape index (κ2) is 9.55. The van der Waals surface area contributed by atoms with Crippen molar-refractivity contribution < 1.29 is 14.3 Å². The van der Waals surface area contributed by atoms with E-state index in [1.165, 1.54) is 0 Å². The highest BCUT2D eigenvalue weighted by Crippen LogP contribution is 2.39. The summed E-state index contributed by atoms with van der Waals surface area (Å²) in [6, 6.07) is 0. The number of carbonyl (C=O) groups is 2. The molecule has 0 fully saturated rings. The van der Waals surface area contributed by atoms with Crippen LogP contribution in [0.3, 0.4) is 0 Å². The second-order valence-corrected chi connectivity index (χ2v) is 7.46. The molecule has 0 spiro atoms. The molecule has 0 bridgehead atoms. The number of allylic oxidation sites excluding steroid dienone is 8. The SMILES string of the molecule is CCOC(=O)CC(C)/C=C/C=C(C)/C=C/C1=C(C)C(=O)CCC1(C)C. The summed E-state index contributed by atoms with van der Waals surface area (Å²) in [5.74, 6) is 0.243. The topological polar surface area (TPSA) is 43.4 Å². The van der Waals surface area contributed by atoms with Crippen LogP contribution >= 0.6 is 0 Å².